The Labute approximate surface area is 117 Å². The van der Waals surface area contributed by atoms with Crippen molar-refractivity contribution in [2.45, 2.75) is 28.8 Å². The minimum atomic E-state index is -3.32. The van der Waals surface area contributed by atoms with Crippen LogP contribution in [0.3, 0.4) is 0 Å². The third-order valence-corrected chi connectivity index (χ3v) is 7.11. The van der Waals surface area contributed by atoms with E-state index < -0.39 is 10.0 Å². The number of thioether (sulfide) groups is 1. The standard InChI is InChI=1S/C11H18N2O2S3/c1-12-6-9-5-11(17-8-9)18(14,15)13-7-10-3-2-4-16-10/h5,8,10,12-13H,2-4,6-7H2,1H3. The van der Waals surface area contributed by atoms with Gasteiger partial charge in [0.05, 0.1) is 0 Å². The van der Waals surface area contributed by atoms with Crippen LogP contribution in [0.5, 0.6) is 0 Å². The van der Waals surface area contributed by atoms with Gasteiger partial charge in [-0.2, -0.15) is 11.8 Å². The predicted molar refractivity (Wildman–Crippen MR) is 77.8 cm³/mol. The summed E-state index contributed by atoms with van der Waals surface area (Å²) in [6.07, 6.45) is 2.31. The Morgan fingerprint density at radius 2 is 2.33 bits per heavy atom. The molecule has 0 radical (unpaired) electrons. The van der Waals surface area contributed by atoms with Gasteiger partial charge in [0.1, 0.15) is 4.21 Å². The quantitative estimate of drug-likeness (QED) is 0.839. The van der Waals surface area contributed by atoms with E-state index in [0.29, 0.717) is 22.5 Å². The summed E-state index contributed by atoms with van der Waals surface area (Å²) in [5.74, 6) is 1.15. The molecule has 2 N–H and O–H groups in total. The Morgan fingerprint density at radius 3 is 3.00 bits per heavy atom. The van der Waals surface area contributed by atoms with Gasteiger partial charge in [0.2, 0.25) is 10.0 Å². The van der Waals surface area contributed by atoms with E-state index in [4.69, 9.17) is 0 Å². The van der Waals surface area contributed by atoms with Crippen molar-refractivity contribution in [1.82, 2.24) is 10.0 Å². The molecule has 1 unspecified atom stereocenters. The van der Waals surface area contributed by atoms with Crippen molar-refractivity contribution in [3.05, 3.63) is 17.0 Å². The second-order valence-corrected chi connectivity index (χ2v) is 8.60. The van der Waals surface area contributed by atoms with Gasteiger partial charge in [-0.05, 0) is 42.7 Å². The first-order valence-electron chi connectivity index (χ1n) is 5.95. The van der Waals surface area contributed by atoms with Crippen molar-refractivity contribution in [2.24, 2.45) is 0 Å². The van der Waals surface area contributed by atoms with Crippen molar-refractivity contribution in [1.29, 1.82) is 0 Å². The first-order chi connectivity index (χ1) is 8.62. The monoisotopic (exact) mass is 306 g/mol. The summed E-state index contributed by atoms with van der Waals surface area (Å²) < 4.78 is 27.3. The van der Waals surface area contributed by atoms with Crippen LogP contribution in [0.25, 0.3) is 0 Å². The normalized spacial score (nSPS) is 20.4. The highest BCUT2D eigenvalue weighted by Crippen LogP contribution is 2.26. The molecule has 0 saturated carbocycles. The van der Waals surface area contributed by atoms with E-state index in [0.717, 1.165) is 17.7 Å². The third-order valence-electron chi connectivity index (χ3n) is 2.80. The molecule has 1 saturated heterocycles. The molecule has 1 aromatic rings. The zero-order chi connectivity index (χ0) is 13.0. The van der Waals surface area contributed by atoms with Crippen molar-refractivity contribution >= 4 is 33.1 Å². The zero-order valence-electron chi connectivity index (χ0n) is 10.3. The van der Waals surface area contributed by atoms with Gasteiger partial charge >= 0.3 is 0 Å². The number of hydrogen-bond donors (Lipinski definition) is 2. The molecule has 0 amide bonds. The second kappa shape index (κ2) is 6.38. The van der Waals surface area contributed by atoms with Crippen LogP contribution in [0.2, 0.25) is 0 Å². The average molecular weight is 306 g/mol. The summed E-state index contributed by atoms with van der Waals surface area (Å²) in [6.45, 7) is 1.25. The van der Waals surface area contributed by atoms with E-state index in [1.54, 1.807) is 6.07 Å². The van der Waals surface area contributed by atoms with Gasteiger partial charge in [-0.3, -0.25) is 0 Å². The molecule has 1 fully saturated rings. The molecule has 1 aromatic heterocycles. The van der Waals surface area contributed by atoms with Crippen molar-refractivity contribution in [3.63, 3.8) is 0 Å². The fourth-order valence-corrected chi connectivity index (χ4v) is 5.51. The van der Waals surface area contributed by atoms with Gasteiger partial charge in [-0.25, -0.2) is 13.1 Å². The van der Waals surface area contributed by atoms with Gasteiger partial charge in [0, 0.05) is 18.3 Å². The highest BCUT2D eigenvalue weighted by atomic mass is 32.2. The average Bonchev–Trinajstić information content (AvgIpc) is 2.98. The molecule has 0 spiro atoms. The SMILES string of the molecule is CNCc1csc(S(=O)(=O)NCC2CCCS2)c1. The lowest BCUT2D eigenvalue weighted by atomic mass is 10.2. The van der Waals surface area contributed by atoms with Crippen LogP contribution in [0.15, 0.2) is 15.7 Å². The summed E-state index contributed by atoms with van der Waals surface area (Å²) in [7, 11) is -1.47. The molecule has 1 aliphatic heterocycles. The fraction of sp³-hybridized carbons (Fsp3) is 0.636. The molecule has 0 aliphatic carbocycles. The molecule has 4 nitrogen and oxygen atoms in total. The molecule has 18 heavy (non-hydrogen) atoms. The summed E-state index contributed by atoms with van der Waals surface area (Å²) in [4.78, 5) is 0. The van der Waals surface area contributed by atoms with Crippen LogP contribution in [0, 0.1) is 0 Å². The summed E-state index contributed by atoms with van der Waals surface area (Å²) in [5, 5.41) is 5.34. The summed E-state index contributed by atoms with van der Waals surface area (Å²) >= 11 is 3.14. The highest BCUT2D eigenvalue weighted by molar-refractivity contribution is 8.00. The molecule has 0 bridgehead atoms. The Bertz CT molecular complexity index is 478. The maximum atomic E-state index is 12.1. The van der Waals surface area contributed by atoms with Crippen LogP contribution < -0.4 is 10.0 Å². The van der Waals surface area contributed by atoms with Crippen molar-refractivity contribution in [3.8, 4) is 0 Å². The Hall–Kier alpha value is -0.0800. The molecular weight excluding hydrogens is 288 g/mol. The van der Waals surface area contributed by atoms with Crippen LogP contribution in [-0.2, 0) is 16.6 Å². The van der Waals surface area contributed by atoms with E-state index in [2.05, 4.69) is 10.0 Å². The van der Waals surface area contributed by atoms with Crippen LogP contribution in [0.1, 0.15) is 18.4 Å². The second-order valence-electron chi connectivity index (χ2n) is 4.29. The molecular formula is C11H18N2O2S3. The van der Waals surface area contributed by atoms with E-state index in [9.17, 15) is 8.42 Å². The third kappa shape index (κ3) is 3.71. The zero-order valence-corrected chi connectivity index (χ0v) is 12.8. The number of sulfonamides is 1. The predicted octanol–water partition coefficient (Wildman–Crippen LogP) is 1.64. The highest BCUT2D eigenvalue weighted by Gasteiger charge is 2.21. The van der Waals surface area contributed by atoms with Crippen LogP contribution >= 0.6 is 23.1 Å². The van der Waals surface area contributed by atoms with Crippen LogP contribution in [0.4, 0.5) is 0 Å². The van der Waals surface area contributed by atoms with Crippen molar-refractivity contribution < 1.29 is 8.42 Å². The maximum Gasteiger partial charge on any atom is 0.250 e. The lowest BCUT2D eigenvalue weighted by Crippen LogP contribution is -2.29. The lowest BCUT2D eigenvalue weighted by molar-refractivity contribution is 0.581. The van der Waals surface area contributed by atoms with Gasteiger partial charge in [-0.1, -0.05) is 0 Å². The summed E-state index contributed by atoms with van der Waals surface area (Å²) in [6, 6.07) is 1.74. The molecule has 2 rings (SSSR count). The number of nitrogens with one attached hydrogen (secondary N) is 2. The molecule has 0 aromatic carbocycles. The van der Waals surface area contributed by atoms with E-state index >= 15 is 0 Å². The van der Waals surface area contributed by atoms with E-state index in [1.165, 1.54) is 17.8 Å². The van der Waals surface area contributed by atoms with Gasteiger partial charge < -0.3 is 5.32 Å². The molecule has 102 valence electrons. The van der Waals surface area contributed by atoms with E-state index in [1.807, 2.05) is 24.2 Å². The van der Waals surface area contributed by atoms with E-state index in [-0.39, 0.29) is 0 Å². The number of thiophene rings is 1. The van der Waals surface area contributed by atoms with Gasteiger partial charge in [-0.15, -0.1) is 11.3 Å². The largest absolute Gasteiger partial charge is 0.316 e. The number of rotatable bonds is 6. The molecule has 1 aliphatic rings. The first-order valence-corrected chi connectivity index (χ1v) is 9.36. The molecule has 2 heterocycles. The maximum absolute atomic E-state index is 12.1. The molecule has 1 atom stereocenters. The van der Waals surface area contributed by atoms with Gasteiger partial charge in [0.25, 0.3) is 0 Å². The minimum absolute atomic E-state index is 0.413. The smallest absolute Gasteiger partial charge is 0.250 e. The fourth-order valence-electron chi connectivity index (χ4n) is 1.87. The Morgan fingerprint density at radius 1 is 1.50 bits per heavy atom. The first kappa shape index (κ1) is 14.3. The number of hydrogen-bond acceptors (Lipinski definition) is 5. The topological polar surface area (TPSA) is 58.2 Å². The Kier molecular flexibility index (Phi) is 5.08. The van der Waals surface area contributed by atoms with Crippen molar-refractivity contribution in [2.75, 3.05) is 19.3 Å². The minimum Gasteiger partial charge on any atom is -0.316 e. The Balaban J connectivity index is 1.95. The van der Waals surface area contributed by atoms with Gasteiger partial charge in [0.15, 0.2) is 0 Å². The lowest BCUT2D eigenvalue weighted by Gasteiger charge is -2.09. The van der Waals surface area contributed by atoms with Crippen LogP contribution in [-0.4, -0.2) is 33.0 Å². The summed E-state index contributed by atoms with van der Waals surface area (Å²) in [5.41, 5.74) is 1.01. The molecule has 7 heteroatoms.